The van der Waals surface area contributed by atoms with Crippen LogP contribution in [-0.4, -0.2) is 49.8 Å². The summed E-state index contributed by atoms with van der Waals surface area (Å²) in [5.74, 6) is 0.540. The summed E-state index contributed by atoms with van der Waals surface area (Å²) in [7, 11) is 0. The fraction of sp³-hybridized carbons (Fsp3) is 0.650. The molecule has 0 bridgehead atoms. The highest BCUT2D eigenvalue weighted by molar-refractivity contribution is 5.89. The minimum absolute atomic E-state index is 0.0962. The predicted molar refractivity (Wildman–Crippen MR) is 99.0 cm³/mol. The van der Waals surface area contributed by atoms with Crippen LogP contribution in [0.5, 0.6) is 0 Å². The van der Waals surface area contributed by atoms with Gasteiger partial charge in [0.2, 0.25) is 0 Å². The molecule has 1 aliphatic carbocycles. The first-order valence-electron chi connectivity index (χ1n) is 9.78. The number of amides is 2. The van der Waals surface area contributed by atoms with Crippen LogP contribution in [0.3, 0.4) is 0 Å². The van der Waals surface area contributed by atoms with Crippen molar-refractivity contribution in [3.05, 3.63) is 29.3 Å². The van der Waals surface area contributed by atoms with Crippen LogP contribution in [0.15, 0.2) is 18.2 Å². The topological polar surface area (TPSA) is 53.6 Å². The molecule has 2 fully saturated rings. The molecule has 0 aromatic heterocycles. The van der Waals surface area contributed by atoms with E-state index in [9.17, 15) is 4.79 Å². The number of anilines is 1. The number of rotatable bonds is 5. The molecule has 3 aliphatic rings. The molecular formula is C20H29N3O2. The molecule has 2 atom stereocenters. The van der Waals surface area contributed by atoms with Gasteiger partial charge in [0, 0.05) is 30.8 Å². The number of fused-ring (bicyclic) bond motifs is 1. The first kappa shape index (κ1) is 16.9. The zero-order valence-corrected chi connectivity index (χ0v) is 14.9. The lowest BCUT2D eigenvalue weighted by Crippen LogP contribution is -2.48. The van der Waals surface area contributed by atoms with E-state index in [4.69, 9.17) is 4.74 Å². The fourth-order valence-electron chi connectivity index (χ4n) is 4.55. The van der Waals surface area contributed by atoms with Gasteiger partial charge in [0.1, 0.15) is 0 Å². The number of nitrogens with one attached hydrogen (secondary N) is 2. The van der Waals surface area contributed by atoms with Crippen LogP contribution < -0.4 is 10.6 Å². The Balaban J connectivity index is 1.33. The maximum atomic E-state index is 12.4. The summed E-state index contributed by atoms with van der Waals surface area (Å²) in [6.45, 7) is 4.68. The number of aryl methyl sites for hydroxylation is 2. The van der Waals surface area contributed by atoms with E-state index in [0.717, 1.165) is 44.8 Å². The number of hydrogen-bond acceptors (Lipinski definition) is 3. The van der Waals surface area contributed by atoms with Crippen LogP contribution in [-0.2, 0) is 17.6 Å². The third-order valence-corrected chi connectivity index (χ3v) is 5.95. The van der Waals surface area contributed by atoms with E-state index in [2.05, 4.69) is 27.7 Å². The van der Waals surface area contributed by atoms with Gasteiger partial charge in [0.05, 0.1) is 6.61 Å². The largest absolute Gasteiger partial charge is 0.381 e. The molecule has 2 amide bonds. The Kier molecular flexibility index (Phi) is 5.22. The standard InChI is InChI=1S/C20H29N3O2/c24-20(22-18-7-6-15-4-3-5-16(15)12-18)21-13-19(17-8-11-25-14-17)23-9-1-2-10-23/h6-7,12,17,19H,1-5,8-11,13-14H2,(H2,21,22,24). The van der Waals surface area contributed by atoms with Crippen molar-refractivity contribution in [2.45, 2.75) is 44.6 Å². The van der Waals surface area contributed by atoms with Gasteiger partial charge in [-0.25, -0.2) is 4.79 Å². The SMILES string of the molecule is O=C(NCC(C1CCOC1)N1CCCC1)Nc1ccc2c(c1)CCC2. The molecule has 2 unspecified atom stereocenters. The molecule has 1 aromatic carbocycles. The lowest BCUT2D eigenvalue weighted by Gasteiger charge is -2.32. The number of ether oxygens (including phenoxy) is 1. The van der Waals surface area contributed by atoms with Crippen LogP contribution in [0.2, 0.25) is 0 Å². The minimum atomic E-state index is -0.0962. The van der Waals surface area contributed by atoms with E-state index in [1.54, 1.807) is 0 Å². The Morgan fingerprint density at radius 1 is 1.20 bits per heavy atom. The van der Waals surface area contributed by atoms with Gasteiger partial charge < -0.3 is 15.4 Å². The van der Waals surface area contributed by atoms with Gasteiger partial charge in [-0.15, -0.1) is 0 Å². The van der Waals surface area contributed by atoms with Crippen LogP contribution >= 0.6 is 0 Å². The molecule has 2 heterocycles. The van der Waals surface area contributed by atoms with Crippen molar-refractivity contribution in [1.29, 1.82) is 0 Å². The molecule has 0 spiro atoms. The second-order valence-corrected chi connectivity index (χ2v) is 7.61. The molecule has 2 aliphatic heterocycles. The van der Waals surface area contributed by atoms with E-state index in [0.29, 0.717) is 18.5 Å². The van der Waals surface area contributed by atoms with Crippen molar-refractivity contribution < 1.29 is 9.53 Å². The Morgan fingerprint density at radius 2 is 2.04 bits per heavy atom. The summed E-state index contributed by atoms with van der Waals surface area (Å²) in [6.07, 6.45) is 7.17. The first-order chi connectivity index (χ1) is 12.3. The number of hydrogen-bond donors (Lipinski definition) is 2. The Morgan fingerprint density at radius 3 is 2.84 bits per heavy atom. The quantitative estimate of drug-likeness (QED) is 0.864. The smallest absolute Gasteiger partial charge is 0.319 e. The molecule has 0 saturated carbocycles. The summed E-state index contributed by atoms with van der Waals surface area (Å²) in [5, 5.41) is 6.11. The Bertz CT molecular complexity index is 591. The molecular weight excluding hydrogens is 314 g/mol. The second-order valence-electron chi connectivity index (χ2n) is 7.61. The summed E-state index contributed by atoms with van der Waals surface area (Å²) < 4.78 is 5.59. The highest BCUT2D eigenvalue weighted by atomic mass is 16.5. The number of carbonyl (C=O) groups excluding carboxylic acids is 1. The average Bonchev–Trinajstić information content (AvgIpc) is 3.37. The molecule has 4 rings (SSSR count). The highest BCUT2D eigenvalue weighted by Crippen LogP contribution is 2.25. The van der Waals surface area contributed by atoms with Crippen molar-refractivity contribution in [3.63, 3.8) is 0 Å². The van der Waals surface area contributed by atoms with Gasteiger partial charge in [-0.1, -0.05) is 6.07 Å². The third kappa shape index (κ3) is 3.98. The summed E-state index contributed by atoms with van der Waals surface area (Å²) >= 11 is 0. The predicted octanol–water partition coefficient (Wildman–Crippen LogP) is 2.80. The summed E-state index contributed by atoms with van der Waals surface area (Å²) in [6, 6.07) is 6.61. The van der Waals surface area contributed by atoms with E-state index >= 15 is 0 Å². The number of carbonyl (C=O) groups is 1. The van der Waals surface area contributed by atoms with Crippen LogP contribution in [0.4, 0.5) is 10.5 Å². The fourth-order valence-corrected chi connectivity index (χ4v) is 4.55. The van der Waals surface area contributed by atoms with Crippen molar-refractivity contribution in [1.82, 2.24) is 10.2 Å². The van der Waals surface area contributed by atoms with Crippen molar-refractivity contribution in [3.8, 4) is 0 Å². The second kappa shape index (κ2) is 7.75. The monoisotopic (exact) mass is 343 g/mol. The highest BCUT2D eigenvalue weighted by Gasteiger charge is 2.32. The molecule has 0 radical (unpaired) electrons. The number of nitrogens with zero attached hydrogens (tertiary/aromatic N) is 1. The van der Waals surface area contributed by atoms with Crippen molar-refractivity contribution >= 4 is 11.7 Å². The molecule has 5 nitrogen and oxygen atoms in total. The van der Waals surface area contributed by atoms with Gasteiger partial charge in [-0.2, -0.15) is 0 Å². The van der Waals surface area contributed by atoms with Crippen LogP contribution in [0.1, 0.15) is 36.8 Å². The van der Waals surface area contributed by atoms with Crippen molar-refractivity contribution in [2.75, 3.05) is 38.2 Å². The van der Waals surface area contributed by atoms with E-state index < -0.39 is 0 Å². The first-order valence-corrected chi connectivity index (χ1v) is 9.78. The zero-order chi connectivity index (χ0) is 17.1. The van der Waals surface area contributed by atoms with Gasteiger partial charge in [-0.3, -0.25) is 4.90 Å². The van der Waals surface area contributed by atoms with Gasteiger partial charge in [0.15, 0.2) is 0 Å². The number of benzene rings is 1. The maximum absolute atomic E-state index is 12.4. The minimum Gasteiger partial charge on any atom is -0.381 e. The van der Waals surface area contributed by atoms with E-state index in [1.165, 1.54) is 36.8 Å². The lowest BCUT2D eigenvalue weighted by molar-refractivity contribution is 0.135. The Labute approximate surface area is 150 Å². The molecule has 5 heteroatoms. The van der Waals surface area contributed by atoms with Crippen LogP contribution in [0.25, 0.3) is 0 Å². The maximum Gasteiger partial charge on any atom is 0.319 e. The zero-order valence-electron chi connectivity index (χ0n) is 14.9. The molecule has 136 valence electrons. The molecule has 25 heavy (non-hydrogen) atoms. The number of likely N-dealkylation sites (tertiary alicyclic amines) is 1. The normalized spacial score (nSPS) is 24.2. The Hall–Kier alpha value is -1.59. The third-order valence-electron chi connectivity index (χ3n) is 5.95. The van der Waals surface area contributed by atoms with Crippen molar-refractivity contribution in [2.24, 2.45) is 5.92 Å². The van der Waals surface area contributed by atoms with E-state index in [-0.39, 0.29) is 6.03 Å². The van der Waals surface area contributed by atoms with Gasteiger partial charge in [-0.05, 0) is 74.9 Å². The number of urea groups is 1. The molecule has 1 aromatic rings. The van der Waals surface area contributed by atoms with Gasteiger partial charge >= 0.3 is 6.03 Å². The molecule has 2 N–H and O–H groups in total. The summed E-state index contributed by atoms with van der Waals surface area (Å²) in [5.41, 5.74) is 3.72. The van der Waals surface area contributed by atoms with Gasteiger partial charge in [0.25, 0.3) is 0 Å². The molecule has 2 saturated heterocycles. The average molecular weight is 343 g/mol. The lowest BCUT2D eigenvalue weighted by atomic mass is 9.97. The van der Waals surface area contributed by atoms with E-state index in [1.807, 2.05) is 6.07 Å². The van der Waals surface area contributed by atoms with Crippen LogP contribution in [0, 0.1) is 5.92 Å². The summed E-state index contributed by atoms with van der Waals surface area (Å²) in [4.78, 5) is 14.9.